The fourth-order valence-electron chi connectivity index (χ4n) is 1.55. The number of benzene rings is 1. The van der Waals surface area contributed by atoms with Gasteiger partial charge in [-0.2, -0.15) is 0 Å². The van der Waals surface area contributed by atoms with Gasteiger partial charge < -0.3 is 9.47 Å². The second-order valence-corrected chi connectivity index (χ2v) is 6.87. The van der Waals surface area contributed by atoms with Crippen LogP contribution in [-0.4, -0.2) is 21.6 Å². The quantitative estimate of drug-likeness (QED) is 0.783. The molecule has 0 N–H and O–H groups in total. The van der Waals surface area contributed by atoms with Gasteiger partial charge >= 0.3 is 0 Å². The molecule has 1 aliphatic carbocycles. The highest BCUT2D eigenvalue weighted by Crippen LogP contribution is 2.38. The Hall–Kier alpha value is -1.01. The van der Waals surface area contributed by atoms with Crippen LogP contribution in [0.2, 0.25) is 0 Å². The predicted molar refractivity (Wildman–Crippen MR) is 65.1 cm³/mol. The number of rotatable bonds is 5. The van der Waals surface area contributed by atoms with Crippen molar-refractivity contribution in [2.24, 2.45) is 0 Å². The van der Waals surface area contributed by atoms with E-state index in [1.165, 1.54) is 7.11 Å². The third-order valence-electron chi connectivity index (χ3n) is 2.45. The lowest BCUT2D eigenvalue weighted by atomic mass is 10.2. The number of methoxy groups -OCH3 is 1. The van der Waals surface area contributed by atoms with Crippen molar-refractivity contribution in [2.75, 3.05) is 7.11 Å². The highest BCUT2D eigenvalue weighted by atomic mass is 35.7. The summed E-state index contributed by atoms with van der Waals surface area (Å²) in [6, 6.07) is 2.25. The molecule has 0 amide bonds. The first kappa shape index (κ1) is 13.4. The lowest BCUT2D eigenvalue weighted by molar-refractivity contribution is 0.278. The van der Waals surface area contributed by atoms with Crippen molar-refractivity contribution in [1.82, 2.24) is 0 Å². The molecule has 0 spiro atoms. The monoisotopic (exact) mass is 294 g/mol. The molecule has 1 fully saturated rings. The smallest absolute Gasteiger partial charge is 0.236 e. The molecule has 0 saturated heterocycles. The van der Waals surface area contributed by atoms with Crippen LogP contribution in [0.1, 0.15) is 18.4 Å². The molecule has 1 saturated carbocycles. The molecule has 0 aromatic heterocycles. The summed E-state index contributed by atoms with van der Waals surface area (Å²) >= 11 is 0. The van der Waals surface area contributed by atoms with E-state index in [1.54, 1.807) is 0 Å². The van der Waals surface area contributed by atoms with E-state index in [1.807, 2.05) is 0 Å². The van der Waals surface area contributed by atoms with Gasteiger partial charge in [0.15, 0.2) is 11.5 Å². The molecule has 0 radical (unpaired) electrons. The molecule has 7 heteroatoms. The molecule has 0 atom stereocenters. The fourth-order valence-corrected chi connectivity index (χ4v) is 2.49. The summed E-state index contributed by atoms with van der Waals surface area (Å²) in [5.74, 6) is -0.654. The summed E-state index contributed by atoms with van der Waals surface area (Å²) in [5.41, 5.74) is 0.175. The van der Waals surface area contributed by atoms with Crippen LogP contribution >= 0.6 is 10.7 Å². The Morgan fingerprint density at radius 2 is 2.11 bits per heavy atom. The normalized spacial score (nSPS) is 15.5. The molecule has 4 nitrogen and oxygen atoms in total. The molecular formula is C11H12ClFO4S. The zero-order valence-electron chi connectivity index (χ0n) is 9.65. The van der Waals surface area contributed by atoms with Crippen LogP contribution in [0.3, 0.4) is 0 Å². The van der Waals surface area contributed by atoms with Crippen molar-refractivity contribution >= 4 is 19.7 Å². The SMILES string of the molecule is COc1cc(F)cc(CS(=O)(=O)Cl)c1OC1CC1. The minimum Gasteiger partial charge on any atom is -0.493 e. The Morgan fingerprint density at radius 1 is 1.44 bits per heavy atom. The second-order valence-electron chi connectivity index (χ2n) is 4.10. The third kappa shape index (κ3) is 3.49. The van der Waals surface area contributed by atoms with Crippen molar-refractivity contribution in [3.05, 3.63) is 23.5 Å². The molecule has 0 aliphatic heterocycles. The molecule has 0 heterocycles. The van der Waals surface area contributed by atoms with Gasteiger partial charge in [-0.15, -0.1) is 0 Å². The Morgan fingerprint density at radius 3 is 2.61 bits per heavy atom. The Labute approximate surface area is 109 Å². The van der Waals surface area contributed by atoms with Crippen molar-refractivity contribution < 1.29 is 22.3 Å². The van der Waals surface area contributed by atoms with Gasteiger partial charge in [0, 0.05) is 22.3 Å². The van der Waals surface area contributed by atoms with Crippen LogP contribution in [0.5, 0.6) is 11.5 Å². The standard InChI is InChI=1S/C11H12ClFO4S/c1-16-10-5-8(13)4-7(6-18(12,14)15)11(10)17-9-2-3-9/h4-5,9H,2-3,6H2,1H3. The number of halogens is 2. The topological polar surface area (TPSA) is 52.6 Å². The number of ether oxygens (including phenoxy) is 2. The summed E-state index contributed by atoms with van der Waals surface area (Å²) in [4.78, 5) is 0. The highest BCUT2D eigenvalue weighted by Gasteiger charge is 2.27. The lowest BCUT2D eigenvalue weighted by Gasteiger charge is -2.14. The van der Waals surface area contributed by atoms with Gasteiger partial charge in [0.25, 0.3) is 0 Å². The van der Waals surface area contributed by atoms with Gasteiger partial charge in [-0.1, -0.05) is 0 Å². The van der Waals surface area contributed by atoms with E-state index in [2.05, 4.69) is 0 Å². The van der Waals surface area contributed by atoms with Gasteiger partial charge in [-0.3, -0.25) is 0 Å². The molecule has 0 unspecified atom stereocenters. The van der Waals surface area contributed by atoms with Crippen molar-refractivity contribution in [3.8, 4) is 11.5 Å². The molecule has 1 aliphatic rings. The average molecular weight is 295 g/mol. The van der Waals surface area contributed by atoms with E-state index < -0.39 is 20.6 Å². The van der Waals surface area contributed by atoms with Crippen LogP contribution in [0.15, 0.2) is 12.1 Å². The Kier molecular flexibility index (Phi) is 3.68. The maximum atomic E-state index is 13.3. The van der Waals surface area contributed by atoms with Crippen LogP contribution in [0.25, 0.3) is 0 Å². The largest absolute Gasteiger partial charge is 0.493 e. The first-order valence-corrected chi connectivity index (χ1v) is 7.82. The second kappa shape index (κ2) is 4.93. The van der Waals surface area contributed by atoms with Crippen molar-refractivity contribution in [1.29, 1.82) is 0 Å². The summed E-state index contributed by atoms with van der Waals surface area (Å²) in [6.45, 7) is 0. The van der Waals surface area contributed by atoms with Crippen LogP contribution in [-0.2, 0) is 14.8 Å². The molecule has 18 heavy (non-hydrogen) atoms. The molecule has 1 aromatic carbocycles. The Bertz CT molecular complexity index is 554. The van der Waals surface area contributed by atoms with Gasteiger partial charge in [-0.25, -0.2) is 12.8 Å². The molecular weight excluding hydrogens is 283 g/mol. The predicted octanol–water partition coefficient (Wildman–Crippen LogP) is 2.44. The van der Waals surface area contributed by atoms with E-state index in [-0.39, 0.29) is 23.2 Å². The Balaban J connectivity index is 2.42. The molecule has 0 bridgehead atoms. The minimum atomic E-state index is -3.79. The molecule has 2 rings (SSSR count). The number of hydrogen-bond donors (Lipinski definition) is 0. The van der Waals surface area contributed by atoms with Crippen LogP contribution < -0.4 is 9.47 Å². The number of hydrogen-bond acceptors (Lipinski definition) is 4. The summed E-state index contributed by atoms with van der Waals surface area (Å²) in [5, 5.41) is 0. The average Bonchev–Trinajstić information content (AvgIpc) is 3.03. The maximum Gasteiger partial charge on any atom is 0.236 e. The maximum absolute atomic E-state index is 13.3. The molecule has 100 valence electrons. The summed E-state index contributed by atoms with van der Waals surface area (Å²) < 4.78 is 46.1. The van der Waals surface area contributed by atoms with E-state index in [4.69, 9.17) is 20.2 Å². The first-order chi connectivity index (χ1) is 8.39. The fraction of sp³-hybridized carbons (Fsp3) is 0.455. The lowest BCUT2D eigenvalue weighted by Crippen LogP contribution is -2.05. The highest BCUT2D eigenvalue weighted by molar-refractivity contribution is 8.13. The van der Waals surface area contributed by atoms with E-state index in [9.17, 15) is 12.8 Å². The van der Waals surface area contributed by atoms with Crippen molar-refractivity contribution in [2.45, 2.75) is 24.7 Å². The minimum absolute atomic E-state index is 0.0427. The third-order valence-corrected chi connectivity index (χ3v) is 3.44. The van der Waals surface area contributed by atoms with E-state index in [0.29, 0.717) is 0 Å². The summed E-state index contributed by atoms with van der Waals surface area (Å²) in [6.07, 6.45) is 1.84. The first-order valence-electron chi connectivity index (χ1n) is 5.34. The summed E-state index contributed by atoms with van der Waals surface area (Å²) in [7, 11) is 2.77. The van der Waals surface area contributed by atoms with Crippen LogP contribution in [0.4, 0.5) is 4.39 Å². The van der Waals surface area contributed by atoms with E-state index in [0.717, 1.165) is 25.0 Å². The van der Waals surface area contributed by atoms with E-state index >= 15 is 0 Å². The zero-order valence-corrected chi connectivity index (χ0v) is 11.2. The van der Waals surface area contributed by atoms with Crippen LogP contribution in [0, 0.1) is 5.82 Å². The van der Waals surface area contributed by atoms with Gasteiger partial charge in [0.2, 0.25) is 9.05 Å². The van der Waals surface area contributed by atoms with Crippen molar-refractivity contribution in [3.63, 3.8) is 0 Å². The van der Waals surface area contributed by atoms with Gasteiger partial charge in [-0.05, 0) is 18.9 Å². The van der Waals surface area contributed by atoms with Gasteiger partial charge in [0.05, 0.1) is 19.0 Å². The molecule has 1 aromatic rings. The zero-order chi connectivity index (χ0) is 13.3. The van der Waals surface area contributed by atoms with Gasteiger partial charge in [0.1, 0.15) is 5.82 Å².